The van der Waals surface area contributed by atoms with E-state index in [1.165, 1.54) is 0 Å². The van der Waals surface area contributed by atoms with Gasteiger partial charge in [-0.15, -0.1) is 0 Å². The minimum Gasteiger partial charge on any atom is -0.447 e. The van der Waals surface area contributed by atoms with Crippen LogP contribution in [0.1, 0.15) is 19.8 Å². The summed E-state index contributed by atoms with van der Waals surface area (Å²) in [6.07, 6.45) is 1.69. The average molecular weight is 216 g/mol. The molecule has 88 valence electrons. The van der Waals surface area contributed by atoms with Crippen molar-refractivity contribution in [3.8, 4) is 0 Å². The lowest BCUT2D eigenvalue weighted by Crippen LogP contribution is -2.47. The van der Waals surface area contributed by atoms with E-state index in [1.807, 2.05) is 0 Å². The number of carbonyl (C=O) groups is 1. The minimum atomic E-state index is -0.424. The summed E-state index contributed by atoms with van der Waals surface area (Å²) in [6.45, 7) is 5.08. The number of nitrogens with zero attached hydrogens (tertiary/aromatic N) is 1. The Morgan fingerprint density at radius 3 is 3.13 bits per heavy atom. The van der Waals surface area contributed by atoms with Crippen LogP contribution in [0, 0.1) is 0 Å². The van der Waals surface area contributed by atoms with E-state index >= 15 is 0 Å². The highest BCUT2D eigenvalue weighted by Gasteiger charge is 2.20. The highest BCUT2D eigenvalue weighted by Crippen LogP contribution is 2.09. The van der Waals surface area contributed by atoms with Gasteiger partial charge in [0, 0.05) is 12.6 Å². The van der Waals surface area contributed by atoms with Crippen LogP contribution in [-0.4, -0.2) is 55.0 Å². The summed E-state index contributed by atoms with van der Waals surface area (Å²) in [5, 5.41) is 11.3. The molecule has 1 fully saturated rings. The number of piperidine rings is 1. The number of nitrogens with one attached hydrogen (secondary N) is 1. The molecule has 15 heavy (non-hydrogen) atoms. The third kappa shape index (κ3) is 4.48. The predicted molar refractivity (Wildman–Crippen MR) is 56.7 cm³/mol. The Morgan fingerprint density at radius 2 is 2.47 bits per heavy atom. The van der Waals surface area contributed by atoms with Crippen LogP contribution >= 0.6 is 0 Å². The molecule has 0 aromatic rings. The van der Waals surface area contributed by atoms with Gasteiger partial charge >= 0.3 is 6.09 Å². The van der Waals surface area contributed by atoms with Gasteiger partial charge in [-0.1, -0.05) is 6.92 Å². The van der Waals surface area contributed by atoms with Gasteiger partial charge in [-0.05, 0) is 25.9 Å². The largest absolute Gasteiger partial charge is 0.447 e. The molecule has 0 aromatic carbocycles. The molecule has 5 heteroatoms. The molecule has 1 atom stereocenters. The molecule has 1 aliphatic heterocycles. The molecular weight excluding hydrogens is 196 g/mol. The van der Waals surface area contributed by atoms with Crippen molar-refractivity contribution in [1.82, 2.24) is 10.2 Å². The van der Waals surface area contributed by atoms with Gasteiger partial charge in [0.1, 0.15) is 6.61 Å². The Bertz CT molecular complexity index is 199. The average Bonchev–Trinajstić information content (AvgIpc) is 2.26. The number of rotatable bonds is 4. The first-order valence-corrected chi connectivity index (χ1v) is 5.52. The van der Waals surface area contributed by atoms with E-state index < -0.39 is 6.09 Å². The van der Waals surface area contributed by atoms with Crippen molar-refractivity contribution in [2.24, 2.45) is 0 Å². The fraction of sp³-hybridized carbons (Fsp3) is 0.900. The number of carbonyl (C=O) groups excluding carboxylic acids is 1. The normalized spacial score (nSPS) is 22.4. The number of ether oxygens (including phenoxy) is 1. The molecule has 0 radical (unpaired) electrons. The van der Waals surface area contributed by atoms with Gasteiger partial charge in [0.2, 0.25) is 0 Å². The van der Waals surface area contributed by atoms with Crippen molar-refractivity contribution in [1.29, 1.82) is 0 Å². The van der Waals surface area contributed by atoms with E-state index in [0.717, 1.165) is 32.5 Å². The Hall–Kier alpha value is -0.810. The summed E-state index contributed by atoms with van der Waals surface area (Å²) < 4.78 is 4.74. The molecule has 0 saturated carbocycles. The van der Waals surface area contributed by atoms with Gasteiger partial charge in [0.05, 0.1) is 6.61 Å². The molecule has 1 saturated heterocycles. The Labute approximate surface area is 90.4 Å². The second kappa shape index (κ2) is 6.63. The molecule has 0 spiro atoms. The summed E-state index contributed by atoms with van der Waals surface area (Å²) in [6, 6.07) is 0.185. The number of amides is 1. The predicted octanol–water partition coefficient (Wildman–Crippen LogP) is 0.189. The number of likely N-dealkylation sites (N-methyl/N-ethyl adjacent to an activating group) is 1. The first-order valence-electron chi connectivity index (χ1n) is 5.52. The Balaban J connectivity index is 2.22. The van der Waals surface area contributed by atoms with Crippen molar-refractivity contribution < 1.29 is 14.6 Å². The van der Waals surface area contributed by atoms with Crippen LogP contribution in [0.2, 0.25) is 0 Å². The number of alkyl carbamates (subject to hydrolysis) is 1. The number of aliphatic hydroxyl groups is 1. The highest BCUT2D eigenvalue weighted by atomic mass is 16.6. The SMILES string of the molecule is CCN1CCCC(NC(=O)OCCO)C1. The zero-order valence-electron chi connectivity index (χ0n) is 9.24. The van der Waals surface area contributed by atoms with Gasteiger partial charge in [-0.3, -0.25) is 0 Å². The first kappa shape index (κ1) is 12.3. The van der Waals surface area contributed by atoms with E-state index in [0.29, 0.717) is 0 Å². The minimum absolute atomic E-state index is 0.0655. The lowest BCUT2D eigenvalue weighted by atomic mass is 10.1. The van der Waals surface area contributed by atoms with Crippen LogP contribution in [0.4, 0.5) is 4.79 Å². The van der Waals surface area contributed by atoms with Crippen LogP contribution in [0.15, 0.2) is 0 Å². The van der Waals surface area contributed by atoms with Gasteiger partial charge < -0.3 is 20.1 Å². The third-order valence-electron chi connectivity index (χ3n) is 2.60. The standard InChI is InChI=1S/C10H20N2O3/c1-2-12-5-3-4-9(8-12)11-10(14)15-7-6-13/h9,13H,2-8H2,1H3,(H,11,14). The van der Waals surface area contributed by atoms with Crippen LogP contribution in [0.25, 0.3) is 0 Å². The smallest absolute Gasteiger partial charge is 0.407 e. The van der Waals surface area contributed by atoms with Gasteiger partial charge in [-0.25, -0.2) is 4.79 Å². The van der Waals surface area contributed by atoms with E-state index in [4.69, 9.17) is 9.84 Å². The number of aliphatic hydroxyl groups excluding tert-OH is 1. The maximum atomic E-state index is 11.2. The molecular formula is C10H20N2O3. The topological polar surface area (TPSA) is 61.8 Å². The van der Waals surface area contributed by atoms with Gasteiger partial charge in [0.25, 0.3) is 0 Å². The summed E-state index contributed by atoms with van der Waals surface area (Å²) in [5.74, 6) is 0. The number of hydrogen-bond donors (Lipinski definition) is 2. The summed E-state index contributed by atoms with van der Waals surface area (Å²) in [7, 11) is 0. The number of hydrogen-bond acceptors (Lipinski definition) is 4. The summed E-state index contributed by atoms with van der Waals surface area (Å²) >= 11 is 0. The molecule has 1 unspecified atom stereocenters. The van der Waals surface area contributed by atoms with E-state index in [1.54, 1.807) is 0 Å². The highest BCUT2D eigenvalue weighted by molar-refractivity contribution is 5.67. The molecule has 5 nitrogen and oxygen atoms in total. The molecule has 2 N–H and O–H groups in total. The molecule has 1 amide bonds. The van der Waals surface area contributed by atoms with Crippen molar-refractivity contribution >= 4 is 6.09 Å². The van der Waals surface area contributed by atoms with Crippen molar-refractivity contribution in [2.75, 3.05) is 32.8 Å². The lowest BCUT2D eigenvalue weighted by molar-refractivity contribution is 0.109. The second-order valence-corrected chi connectivity index (χ2v) is 3.74. The van der Waals surface area contributed by atoms with Crippen LogP contribution in [0.3, 0.4) is 0 Å². The maximum Gasteiger partial charge on any atom is 0.407 e. The van der Waals surface area contributed by atoms with Crippen molar-refractivity contribution in [3.05, 3.63) is 0 Å². The molecule has 0 bridgehead atoms. The Morgan fingerprint density at radius 1 is 1.67 bits per heavy atom. The fourth-order valence-corrected chi connectivity index (χ4v) is 1.81. The molecule has 0 aliphatic carbocycles. The summed E-state index contributed by atoms with van der Waals surface area (Å²) in [4.78, 5) is 13.5. The van der Waals surface area contributed by atoms with Gasteiger partial charge in [0.15, 0.2) is 0 Å². The lowest BCUT2D eigenvalue weighted by Gasteiger charge is -2.31. The molecule has 0 aromatic heterocycles. The summed E-state index contributed by atoms with van der Waals surface area (Å²) in [5.41, 5.74) is 0. The molecule has 1 heterocycles. The zero-order chi connectivity index (χ0) is 11.1. The second-order valence-electron chi connectivity index (χ2n) is 3.74. The Kier molecular flexibility index (Phi) is 5.42. The first-order chi connectivity index (χ1) is 7.26. The maximum absolute atomic E-state index is 11.2. The van der Waals surface area contributed by atoms with E-state index in [-0.39, 0.29) is 19.3 Å². The fourth-order valence-electron chi connectivity index (χ4n) is 1.81. The van der Waals surface area contributed by atoms with Crippen LogP contribution in [0.5, 0.6) is 0 Å². The van der Waals surface area contributed by atoms with Gasteiger partial charge in [-0.2, -0.15) is 0 Å². The molecule has 1 aliphatic rings. The number of likely N-dealkylation sites (tertiary alicyclic amines) is 1. The monoisotopic (exact) mass is 216 g/mol. The quantitative estimate of drug-likeness (QED) is 0.704. The van der Waals surface area contributed by atoms with Crippen molar-refractivity contribution in [2.45, 2.75) is 25.8 Å². The van der Waals surface area contributed by atoms with Crippen LogP contribution < -0.4 is 5.32 Å². The molecule has 1 rings (SSSR count). The zero-order valence-corrected chi connectivity index (χ0v) is 9.24. The third-order valence-corrected chi connectivity index (χ3v) is 2.60. The van der Waals surface area contributed by atoms with E-state index in [2.05, 4.69) is 17.1 Å². The van der Waals surface area contributed by atoms with E-state index in [9.17, 15) is 4.79 Å². The van der Waals surface area contributed by atoms with Crippen LogP contribution in [-0.2, 0) is 4.74 Å². The van der Waals surface area contributed by atoms with Crippen molar-refractivity contribution in [3.63, 3.8) is 0 Å².